The predicted molar refractivity (Wildman–Crippen MR) is 80.6 cm³/mol. The fraction of sp³-hybridized carbons (Fsp3) is 0.467. The third kappa shape index (κ3) is 4.03. The molecule has 0 aliphatic carbocycles. The number of rotatable bonds is 5. The zero-order valence-electron chi connectivity index (χ0n) is 12.0. The van der Waals surface area contributed by atoms with Gasteiger partial charge in [0, 0.05) is 18.7 Å². The molecule has 1 heterocycles. The number of hydrogen-bond donors (Lipinski definition) is 1. The van der Waals surface area contributed by atoms with Gasteiger partial charge in [0.15, 0.2) is 5.78 Å². The van der Waals surface area contributed by atoms with Gasteiger partial charge in [-0.2, -0.15) is 0 Å². The monoisotopic (exact) mass is 310 g/mol. The molecule has 6 heteroatoms. The largest absolute Gasteiger partial charge is 0.378 e. The normalized spacial score (nSPS) is 19.2. The first kappa shape index (κ1) is 15.9. The molecule has 1 aliphatic rings. The molecule has 1 atom stereocenters. The van der Waals surface area contributed by atoms with E-state index < -0.39 is 6.04 Å². The fourth-order valence-corrected chi connectivity index (χ4v) is 2.56. The standard InChI is InChI=1S/C15H19ClN2O3/c1-2-17-15(20)13-10-21-8-7-18(13)9-14(19)11-5-3-4-6-12(11)16/h3-6,13H,2,7-10H2,1H3,(H,17,20). The van der Waals surface area contributed by atoms with Crippen molar-refractivity contribution in [2.75, 3.05) is 32.8 Å². The maximum atomic E-state index is 12.4. The first-order chi connectivity index (χ1) is 10.1. The molecule has 21 heavy (non-hydrogen) atoms. The van der Waals surface area contributed by atoms with Gasteiger partial charge in [0.2, 0.25) is 5.91 Å². The molecule has 5 nitrogen and oxygen atoms in total. The first-order valence-corrected chi connectivity index (χ1v) is 7.38. The lowest BCUT2D eigenvalue weighted by Gasteiger charge is -2.33. The van der Waals surface area contributed by atoms with Gasteiger partial charge in [-0.25, -0.2) is 0 Å². The first-order valence-electron chi connectivity index (χ1n) is 7.00. The summed E-state index contributed by atoms with van der Waals surface area (Å²) in [7, 11) is 0. The van der Waals surface area contributed by atoms with Gasteiger partial charge in [-0.05, 0) is 19.1 Å². The molecule has 1 saturated heterocycles. The molecular formula is C15H19ClN2O3. The van der Waals surface area contributed by atoms with E-state index in [1.54, 1.807) is 24.3 Å². The van der Waals surface area contributed by atoms with Gasteiger partial charge in [-0.15, -0.1) is 0 Å². The maximum absolute atomic E-state index is 12.4. The van der Waals surface area contributed by atoms with E-state index in [0.29, 0.717) is 36.9 Å². The number of amides is 1. The van der Waals surface area contributed by atoms with Crippen LogP contribution >= 0.6 is 11.6 Å². The summed E-state index contributed by atoms with van der Waals surface area (Å²) >= 11 is 6.04. The number of benzene rings is 1. The predicted octanol–water partition coefficient (Wildman–Crippen LogP) is 1.36. The van der Waals surface area contributed by atoms with Crippen LogP contribution in [0.5, 0.6) is 0 Å². The molecule has 1 unspecified atom stereocenters. The Bertz CT molecular complexity index is 521. The Morgan fingerprint density at radius 3 is 2.90 bits per heavy atom. The van der Waals surface area contributed by atoms with Crippen molar-refractivity contribution in [3.8, 4) is 0 Å². The zero-order chi connectivity index (χ0) is 15.2. The third-order valence-corrected chi connectivity index (χ3v) is 3.74. The number of halogens is 1. The molecule has 0 radical (unpaired) electrons. The number of carbonyl (C=O) groups is 2. The minimum atomic E-state index is -0.426. The molecular weight excluding hydrogens is 292 g/mol. The fourth-order valence-electron chi connectivity index (χ4n) is 2.32. The second-order valence-electron chi connectivity index (χ2n) is 4.86. The van der Waals surface area contributed by atoms with Crippen LogP contribution in [0.3, 0.4) is 0 Å². The van der Waals surface area contributed by atoms with Gasteiger partial charge in [0.1, 0.15) is 6.04 Å². The Morgan fingerprint density at radius 2 is 2.19 bits per heavy atom. The second-order valence-corrected chi connectivity index (χ2v) is 5.27. The van der Waals surface area contributed by atoms with Crippen LogP contribution in [0.25, 0.3) is 0 Å². The van der Waals surface area contributed by atoms with E-state index in [9.17, 15) is 9.59 Å². The van der Waals surface area contributed by atoms with Crippen LogP contribution in [0.2, 0.25) is 5.02 Å². The number of Topliss-reactive ketones (excluding diaryl/α,β-unsaturated/α-hetero) is 1. The molecule has 1 fully saturated rings. The highest BCUT2D eigenvalue weighted by atomic mass is 35.5. The van der Waals surface area contributed by atoms with Crippen molar-refractivity contribution >= 4 is 23.3 Å². The molecule has 1 aromatic carbocycles. The smallest absolute Gasteiger partial charge is 0.239 e. The molecule has 1 aliphatic heterocycles. The van der Waals surface area contributed by atoms with Gasteiger partial charge in [-0.1, -0.05) is 23.7 Å². The number of hydrogen-bond acceptors (Lipinski definition) is 4. The Morgan fingerprint density at radius 1 is 1.43 bits per heavy atom. The Labute approximate surface area is 129 Å². The number of nitrogens with one attached hydrogen (secondary N) is 1. The SMILES string of the molecule is CCNC(=O)C1COCCN1CC(=O)c1ccccc1Cl. The summed E-state index contributed by atoms with van der Waals surface area (Å²) in [6, 6.07) is 6.53. The average molecular weight is 311 g/mol. The van der Waals surface area contributed by atoms with Gasteiger partial charge < -0.3 is 10.1 Å². The molecule has 0 aromatic heterocycles. The van der Waals surface area contributed by atoms with E-state index >= 15 is 0 Å². The molecule has 1 amide bonds. The minimum absolute atomic E-state index is 0.0863. The van der Waals surface area contributed by atoms with Gasteiger partial charge in [0.25, 0.3) is 0 Å². The van der Waals surface area contributed by atoms with Crippen molar-refractivity contribution < 1.29 is 14.3 Å². The summed E-state index contributed by atoms with van der Waals surface area (Å²) in [6.45, 7) is 3.96. The molecule has 1 N–H and O–H groups in total. The van der Waals surface area contributed by atoms with Crippen LogP contribution < -0.4 is 5.32 Å². The highest BCUT2D eigenvalue weighted by Crippen LogP contribution is 2.17. The van der Waals surface area contributed by atoms with Gasteiger partial charge >= 0.3 is 0 Å². The lowest BCUT2D eigenvalue weighted by atomic mass is 10.1. The van der Waals surface area contributed by atoms with E-state index in [1.165, 1.54) is 0 Å². The number of likely N-dealkylation sites (N-methyl/N-ethyl adjacent to an activating group) is 1. The van der Waals surface area contributed by atoms with Crippen molar-refractivity contribution in [2.24, 2.45) is 0 Å². The number of carbonyl (C=O) groups excluding carboxylic acids is 2. The second kappa shape index (κ2) is 7.54. The quantitative estimate of drug-likeness (QED) is 0.834. The Hall–Kier alpha value is -1.43. The zero-order valence-corrected chi connectivity index (χ0v) is 12.7. The molecule has 0 saturated carbocycles. The third-order valence-electron chi connectivity index (χ3n) is 3.41. The summed E-state index contributed by atoms with van der Waals surface area (Å²) in [6.07, 6.45) is 0. The van der Waals surface area contributed by atoms with Gasteiger partial charge in [-0.3, -0.25) is 14.5 Å². The van der Waals surface area contributed by atoms with Crippen LogP contribution in [0.1, 0.15) is 17.3 Å². The van der Waals surface area contributed by atoms with E-state index in [2.05, 4.69) is 5.32 Å². The van der Waals surface area contributed by atoms with Crippen LogP contribution in [0.4, 0.5) is 0 Å². The summed E-state index contributed by atoms with van der Waals surface area (Å²) < 4.78 is 5.35. The number of nitrogens with zero attached hydrogens (tertiary/aromatic N) is 1. The van der Waals surface area contributed by atoms with Crippen LogP contribution in [-0.4, -0.2) is 55.5 Å². The molecule has 1 aromatic rings. The topological polar surface area (TPSA) is 58.6 Å². The number of morpholine rings is 1. The Balaban J connectivity index is 2.07. The van der Waals surface area contributed by atoms with Crippen molar-refractivity contribution in [1.82, 2.24) is 10.2 Å². The van der Waals surface area contributed by atoms with E-state index in [4.69, 9.17) is 16.3 Å². The lowest BCUT2D eigenvalue weighted by Crippen LogP contribution is -2.55. The Kier molecular flexibility index (Phi) is 5.73. The maximum Gasteiger partial charge on any atom is 0.239 e. The van der Waals surface area contributed by atoms with Crippen molar-refractivity contribution in [3.05, 3.63) is 34.9 Å². The minimum Gasteiger partial charge on any atom is -0.378 e. The molecule has 0 bridgehead atoms. The van der Waals surface area contributed by atoms with Gasteiger partial charge in [0.05, 0.1) is 24.8 Å². The highest BCUT2D eigenvalue weighted by Gasteiger charge is 2.30. The number of ketones is 1. The van der Waals surface area contributed by atoms with Crippen molar-refractivity contribution in [1.29, 1.82) is 0 Å². The van der Waals surface area contributed by atoms with E-state index in [-0.39, 0.29) is 18.2 Å². The molecule has 2 rings (SSSR count). The average Bonchev–Trinajstić information content (AvgIpc) is 2.48. The van der Waals surface area contributed by atoms with E-state index in [0.717, 1.165) is 0 Å². The highest BCUT2D eigenvalue weighted by molar-refractivity contribution is 6.34. The summed E-state index contributed by atoms with van der Waals surface area (Å²) in [4.78, 5) is 26.2. The number of ether oxygens (including phenoxy) is 1. The van der Waals surface area contributed by atoms with Crippen molar-refractivity contribution in [3.63, 3.8) is 0 Å². The molecule has 114 valence electrons. The molecule has 0 spiro atoms. The lowest BCUT2D eigenvalue weighted by molar-refractivity contribution is -0.131. The summed E-state index contributed by atoms with van der Waals surface area (Å²) in [5.74, 6) is -0.194. The van der Waals surface area contributed by atoms with Crippen LogP contribution in [-0.2, 0) is 9.53 Å². The van der Waals surface area contributed by atoms with Crippen molar-refractivity contribution in [2.45, 2.75) is 13.0 Å². The van der Waals surface area contributed by atoms with Crippen LogP contribution in [0, 0.1) is 0 Å². The van der Waals surface area contributed by atoms with E-state index in [1.807, 2.05) is 11.8 Å². The summed E-state index contributed by atoms with van der Waals surface area (Å²) in [5, 5.41) is 3.21. The van der Waals surface area contributed by atoms with Crippen LogP contribution in [0.15, 0.2) is 24.3 Å². The summed E-state index contributed by atoms with van der Waals surface area (Å²) in [5.41, 5.74) is 0.486.